The average Bonchev–Trinajstić information content (AvgIpc) is 2.74. The molecule has 152 valence electrons. The summed E-state index contributed by atoms with van der Waals surface area (Å²) in [5.74, 6) is -0.499. The van der Waals surface area contributed by atoms with Crippen molar-refractivity contribution < 1.29 is 14.3 Å². The highest BCUT2D eigenvalue weighted by Crippen LogP contribution is 2.32. The Morgan fingerprint density at radius 2 is 1.73 bits per heavy atom. The van der Waals surface area contributed by atoms with Gasteiger partial charge in [-0.1, -0.05) is 29.8 Å². The van der Waals surface area contributed by atoms with E-state index in [1.807, 2.05) is 44.2 Å². The zero-order valence-corrected chi connectivity index (χ0v) is 17.9. The molecule has 0 saturated carbocycles. The number of amides is 1. The van der Waals surface area contributed by atoms with E-state index in [9.17, 15) is 9.59 Å². The molecule has 0 fully saturated rings. The molecule has 5 heteroatoms. The fraction of sp³-hybridized carbons (Fsp3) is 0.200. The summed E-state index contributed by atoms with van der Waals surface area (Å²) in [6, 6.07) is 18.4. The number of benzene rings is 3. The molecule has 0 aromatic heterocycles. The van der Waals surface area contributed by atoms with E-state index in [-0.39, 0.29) is 11.9 Å². The molecular weight excluding hydrogens is 398 g/mol. The lowest BCUT2D eigenvalue weighted by atomic mass is 9.93. The highest BCUT2D eigenvalue weighted by molar-refractivity contribution is 6.30. The van der Waals surface area contributed by atoms with Crippen molar-refractivity contribution in [2.45, 2.75) is 26.4 Å². The van der Waals surface area contributed by atoms with Gasteiger partial charge in [-0.3, -0.25) is 4.79 Å². The van der Waals surface area contributed by atoms with E-state index in [4.69, 9.17) is 16.3 Å². The van der Waals surface area contributed by atoms with Crippen LogP contribution in [0.4, 0.5) is 5.69 Å². The van der Waals surface area contributed by atoms with Crippen molar-refractivity contribution >= 4 is 29.2 Å². The molecule has 1 aliphatic rings. The summed E-state index contributed by atoms with van der Waals surface area (Å²) < 4.78 is 5.60. The van der Waals surface area contributed by atoms with E-state index in [2.05, 4.69) is 0 Å². The first-order valence-corrected chi connectivity index (χ1v) is 10.2. The van der Waals surface area contributed by atoms with E-state index in [0.29, 0.717) is 22.6 Å². The zero-order chi connectivity index (χ0) is 21.4. The normalized spacial score (nSPS) is 15.3. The molecule has 30 heavy (non-hydrogen) atoms. The Morgan fingerprint density at radius 3 is 2.43 bits per heavy atom. The standard InChI is InChI=1S/C25H22ClNO3/c1-15-4-10-21(12-16(15)2)27(3)24(28)18-7-11-22-19(13-18)14-23(30-25(22)29)17-5-8-20(26)9-6-17/h4-13,23H,14H2,1-3H3. The molecule has 1 heterocycles. The fourth-order valence-corrected chi connectivity index (χ4v) is 3.76. The van der Waals surface area contributed by atoms with Gasteiger partial charge in [-0.2, -0.15) is 0 Å². The van der Waals surface area contributed by atoms with Crippen LogP contribution in [-0.2, 0) is 11.2 Å². The van der Waals surface area contributed by atoms with Crippen LogP contribution in [0.15, 0.2) is 60.7 Å². The van der Waals surface area contributed by atoms with E-state index in [1.165, 1.54) is 5.56 Å². The molecule has 0 aliphatic carbocycles. The number of cyclic esters (lactones) is 1. The summed E-state index contributed by atoms with van der Waals surface area (Å²) in [6.07, 6.45) is 0.113. The number of carbonyl (C=O) groups excluding carboxylic acids is 2. The van der Waals surface area contributed by atoms with Crippen LogP contribution in [0, 0.1) is 13.8 Å². The molecule has 1 atom stereocenters. The van der Waals surface area contributed by atoms with E-state index in [0.717, 1.165) is 22.4 Å². The predicted octanol–water partition coefficient (Wildman–Crippen LogP) is 5.69. The minimum atomic E-state index is -0.398. The SMILES string of the molecule is Cc1ccc(N(C)C(=O)c2ccc3c(c2)CC(c2ccc(Cl)cc2)OC3=O)cc1C. The summed E-state index contributed by atoms with van der Waals surface area (Å²) >= 11 is 5.96. The van der Waals surface area contributed by atoms with Gasteiger partial charge in [0.15, 0.2) is 0 Å². The number of carbonyl (C=O) groups is 2. The number of nitrogens with zero attached hydrogens (tertiary/aromatic N) is 1. The number of ether oxygens (including phenoxy) is 1. The van der Waals surface area contributed by atoms with Crippen LogP contribution >= 0.6 is 11.6 Å². The maximum atomic E-state index is 13.1. The van der Waals surface area contributed by atoms with Crippen molar-refractivity contribution in [2.24, 2.45) is 0 Å². The molecule has 3 aromatic carbocycles. The summed E-state index contributed by atoms with van der Waals surface area (Å²) in [5.41, 5.74) is 5.88. The second-order valence-electron chi connectivity index (χ2n) is 7.65. The van der Waals surface area contributed by atoms with Crippen LogP contribution in [0.3, 0.4) is 0 Å². The van der Waals surface area contributed by atoms with Gasteiger partial charge >= 0.3 is 5.97 Å². The summed E-state index contributed by atoms with van der Waals surface area (Å²) in [4.78, 5) is 27.2. The van der Waals surface area contributed by atoms with E-state index < -0.39 is 6.10 Å². The quantitative estimate of drug-likeness (QED) is 0.512. The van der Waals surface area contributed by atoms with Crippen LogP contribution in [0.5, 0.6) is 0 Å². The molecule has 1 unspecified atom stereocenters. The molecule has 0 saturated heterocycles. The number of anilines is 1. The lowest BCUT2D eigenvalue weighted by Gasteiger charge is -2.26. The third kappa shape index (κ3) is 3.83. The third-order valence-electron chi connectivity index (χ3n) is 5.65. The Bertz CT molecular complexity index is 1140. The maximum absolute atomic E-state index is 13.1. The first-order chi connectivity index (χ1) is 14.3. The smallest absolute Gasteiger partial charge is 0.339 e. The van der Waals surface area contributed by atoms with Crippen LogP contribution < -0.4 is 4.90 Å². The van der Waals surface area contributed by atoms with Crippen molar-refractivity contribution in [1.82, 2.24) is 0 Å². The number of aryl methyl sites for hydroxylation is 2. The van der Waals surface area contributed by atoms with Gasteiger partial charge in [0, 0.05) is 29.7 Å². The molecule has 0 N–H and O–H groups in total. The van der Waals surface area contributed by atoms with Crippen molar-refractivity contribution in [3.63, 3.8) is 0 Å². The monoisotopic (exact) mass is 419 g/mol. The van der Waals surface area contributed by atoms with Crippen LogP contribution in [-0.4, -0.2) is 18.9 Å². The second-order valence-corrected chi connectivity index (χ2v) is 8.09. The number of hydrogen-bond acceptors (Lipinski definition) is 3. The number of halogens is 1. The van der Waals surface area contributed by atoms with Gasteiger partial charge in [0.25, 0.3) is 5.91 Å². The lowest BCUT2D eigenvalue weighted by Crippen LogP contribution is -2.27. The number of hydrogen-bond donors (Lipinski definition) is 0. The highest BCUT2D eigenvalue weighted by atomic mass is 35.5. The Labute approximate surface area is 181 Å². The predicted molar refractivity (Wildman–Crippen MR) is 118 cm³/mol. The topological polar surface area (TPSA) is 46.6 Å². The van der Waals surface area contributed by atoms with Crippen LogP contribution in [0.2, 0.25) is 5.02 Å². The third-order valence-corrected chi connectivity index (χ3v) is 5.90. The highest BCUT2D eigenvalue weighted by Gasteiger charge is 2.28. The Kier molecular flexibility index (Phi) is 5.35. The van der Waals surface area contributed by atoms with Gasteiger partial charge in [-0.15, -0.1) is 0 Å². The van der Waals surface area contributed by atoms with Gasteiger partial charge in [-0.05, 0) is 78.6 Å². The molecule has 1 amide bonds. The number of fused-ring (bicyclic) bond motifs is 1. The average molecular weight is 420 g/mol. The van der Waals surface area contributed by atoms with Crippen LogP contribution in [0.1, 0.15) is 49.1 Å². The van der Waals surface area contributed by atoms with Crippen molar-refractivity contribution in [1.29, 1.82) is 0 Å². The summed E-state index contributed by atoms with van der Waals surface area (Å²) in [5, 5.41) is 0.628. The van der Waals surface area contributed by atoms with Crippen LogP contribution in [0.25, 0.3) is 0 Å². The largest absolute Gasteiger partial charge is 0.454 e. The number of esters is 1. The zero-order valence-electron chi connectivity index (χ0n) is 17.1. The van der Waals surface area contributed by atoms with Crippen molar-refractivity contribution in [3.05, 3.63) is 99.1 Å². The van der Waals surface area contributed by atoms with Crippen molar-refractivity contribution in [3.8, 4) is 0 Å². The molecule has 4 nitrogen and oxygen atoms in total. The van der Waals surface area contributed by atoms with Gasteiger partial charge in [0.05, 0.1) is 5.56 Å². The molecule has 0 spiro atoms. The summed E-state index contributed by atoms with van der Waals surface area (Å²) in [6.45, 7) is 4.07. The first-order valence-electron chi connectivity index (χ1n) is 9.78. The maximum Gasteiger partial charge on any atom is 0.339 e. The molecule has 0 radical (unpaired) electrons. The first kappa shape index (κ1) is 20.2. The number of rotatable bonds is 3. The molecule has 0 bridgehead atoms. The molecular formula is C25H22ClNO3. The molecule has 3 aromatic rings. The van der Waals surface area contributed by atoms with E-state index >= 15 is 0 Å². The van der Waals surface area contributed by atoms with Gasteiger partial charge in [0.2, 0.25) is 0 Å². The van der Waals surface area contributed by atoms with Gasteiger partial charge in [0.1, 0.15) is 6.10 Å². The molecule has 4 rings (SSSR count). The fourth-order valence-electron chi connectivity index (χ4n) is 3.64. The minimum Gasteiger partial charge on any atom is -0.454 e. The Balaban J connectivity index is 1.62. The van der Waals surface area contributed by atoms with Gasteiger partial charge < -0.3 is 9.64 Å². The Hall–Kier alpha value is -3.11. The Morgan fingerprint density at radius 1 is 1.00 bits per heavy atom. The van der Waals surface area contributed by atoms with Gasteiger partial charge in [-0.25, -0.2) is 4.79 Å². The van der Waals surface area contributed by atoms with E-state index in [1.54, 1.807) is 42.3 Å². The second kappa shape index (κ2) is 7.96. The van der Waals surface area contributed by atoms with Crippen molar-refractivity contribution in [2.75, 3.05) is 11.9 Å². The lowest BCUT2D eigenvalue weighted by molar-refractivity contribution is 0.0252. The molecule has 1 aliphatic heterocycles. The minimum absolute atomic E-state index is 0.122. The summed E-state index contributed by atoms with van der Waals surface area (Å²) in [7, 11) is 1.76.